The Kier molecular flexibility index (Phi) is 5.66. The molecule has 0 aliphatic heterocycles. The van der Waals surface area contributed by atoms with Crippen molar-refractivity contribution < 1.29 is 4.79 Å². The summed E-state index contributed by atoms with van der Waals surface area (Å²) < 4.78 is 1.01. The van der Waals surface area contributed by atoms with Crippen molar-refractivity contribution in [2.75, 3.05) is 0 Å². The van der Waals surface area contributed by atoms with E-state index < -0.39 is 0 Å². The predicted octanol–water partition coefficient (Wildman–Crippen LogP) is 5.05. The Balaban J connectivity index is 1.64. The van der Waals surface area contributed by atoms with Gasteiger partial charge in [0.1, 0.15) is 5.01 Å². The van der Waals surface area contributed by atoms with Crippen LogP contribution in [0.3, 0.4) is 0 Å². The maximum atomic E-state index is 12.2. The van der Waals surface area contributed by atoms with Crippen molar-refractivity contribution >= 4 is 33.2 Å². The van der Waals surface area contributed by atoms with E-state index in [0.717, 1.165) is 31.2 Å². The van der Waals surface area contributed by atoms with Gasteiger partial charge in [0.25, 0.3) is 0 Å². The maximum absolute atomic E-state index is 12.2. The van der Waals surface area contributed by atoms with Crippen molar-refractivity contribution in [1.29, 1.82) is 0 Å². The van der Waals surface area contributed by atoms with E-state index >= 15 is 0 Å². The number of carbonyl (C=O) groups is 1. The highest BCUT2D eigenvalue weighted by Gasteiger charge is 2.12. The molecule has 0 spiro atoms. The van der Waals surface area contributed by atoms with E-state index in [4.69, 9.17) is 0 Å². The van der Waals surface area contributed by atoms with Gasteiger partial charge in [0.05, 0.1) is 18.7 Å². The summed E-state index contributed by atoms with van der Waals surface area (Å²) in [5.41, 5.74) is 4.35. The molecule has 2 aromatic carbocycles. The zero-order chi connectivity index (χ0) is 17.8. The number of thiazole rings is 1. The largest absolute Gasteiger partial charge is 0.351 e. The van der Waals surface area contributed by atoms with Crippen molar-refractivity contribution in [1.82, 2.24) is 10.3 Å². The summed E-state index contributed by atoms with van der Waals surface area (Å²) in [5, 5.41) is 4.01. The summed E-state index contributed by atoms with van der Waals surface area (Å²) in [4.78, 5) is 17.9. The third-order valence-corrected chi connectivity index (χ3v) is 5.71. The topological polar surface area (TPSA) is 42.0 Å². The minimum Gasteiger partial charge on any atom is -0.351 e. The molecule has 1 N–H and O–H groups in total. The normalized spacial score (nSPS) is 10.7. The van der Waals surface area contributed by atoms with Gasteiger partial charge in [-0.2, -0.15) is 0 Å². The first-order valence-electron chi connectivity index (χ1n) is 8.06. The number of amides is 1. The first kappa shape index (κ1) is 17.8. The quantitative estimate of drug-likeness (QED) is 0.634. The van der Waals surface area contributed by atoms with Crippen LogP contribution < -0.4 is 5.32 Å². The van der Waals surface area contributed by atoms with E-state index in [1.807, 2.05) is 43.3 Å². The Bertz CT molecular complexity index is 887. The van der Waals surface area contributed by atoms with Crippen LogP contribution in [0.4, 0.5) is 0 Å². The first-order valence-corrected chi connectivity index (χ1v) is 9.67. The van der Waals surface area contributed by atoms with Crippen molar-refractivity contribution in [2.24, 2.45) is 0 Å². The number of hydrogen-bond donors (Lipinski definition) is 1. The molecule has 25 heavy (non-hydrogen) atoms. The molecule has 0 radical (unpaired) electrons. The fourth-order valence-corrected chi connectivity index (χ4v) is 3.91. The Labute approximate surface area is 160 Å². The monoisotopic (exact) mass is 414 g/mol. The predicted molar refractivity (Wildman–Crippen MR) is 107 cm³/mol. The fraction of sp³-hybridized carbons (Fsp3) is 0.200. The van der Waals surface area contributed by atoms with Crippen molar-refractivity contribution in [3.8, 4) is 10.6 Å². The van der Waals surface area contributed by atoms with Crippen molar-refractivity contribution in [3.05, 3.63) is 74.7 Å². The number of halogens is 1. The number of nitrogens with zero attached hydrogens (tertiary/aromatic N) is 1. The molecule has 3 nitrogen and oxygen atoms in total. The summed E-state index contributed by atoms with van der Waals surface area (Å²) in [6.07, 6.45) is 0.385. The summed E-state index contributed by atoms with van der Waals surface area (Å²) in [6, 6.07) is 16.0. The third kappa shape index (κ3) is 4.55. The molecular weight excluding hydrogens is 396 g/mol. The first-order chi connectivity index (χ1) is 12.0. The number of rotatable bonds is 5. The highest BCUT2D eigenvalue weighted by molar-refractivity contribution is 9.10. The highest BCUT2D eigenvalue weighted by Crippen LogP contribution is 2.29. The summed E-state index contributed by atoms with van der Waals surface area (Å²) in [6.45, 7) is 4.60. The molecule has 0 saturated heterocycles. The zero-order valence-electron chi connectivity index (χ0n) is 14.2. The van der Waals surface area contributed by atoms with Gasteiger partial charge in [-0.05, 0) is 37.1 Å². The van der Waals surface area contributed by atoms with Crippen LogP contribution in [0.5, 0.6) is 0 Å². The molecule has 1 amide bonds. The van der Waals surface area contributed by atoms with E-state index in [1.165, 1.54) is 5.56 Å². The minimum atomic E-state index is 0.0209. The van der Waals surface area contributed by atoms with Gasteiger partial charge in [0, 0.05) is 14.9 Å². The van der Waals surface area contributed by atoms with Crippen LogP contribution in [-0.4, -0.2) is 10.9 Å². The number of benzene rings is 2. The van der Waals surface area contributed by atoms with Gasteiger partial charge in [-0.25, -0.2) is 4.98 Å². The molecule has 0 fully saturated rings. The van der Waals surface area contributed by atoms with E-state index in [2.05, 4.69) is 45.3 Å². The zero-order valence-corrected chi connectivity index (χ0v) is 16.6. The van der Waals surface area contributed by atoms with Gasteiger partial charge >= 0.3 is 0 Å². The lowest BCUT2D eigenvalue weighted by Crippen LogP contribution is -2.24. The van der Waals surface area contributed by atoms with E-state index in [0.29, 0.717) is 13.0 Å². The standard InChI is InChI=1S/C20H19BrN2OS/c1-13-5-3-4-6-17(13)20-23-14(2)18(25-20)12-22-19(24)11-15-7-9-16(21)10-8-15/h3-10H,11-12H2,1-2H3,(H,22,24). The lowest BCUT2D eigenvalue weighted by Gasteiger charge is -2.04. The Morgan fingerprint density at radius 2 is 1.84 bits per heavy atom. The van der Waals surface area contributed by atoms with Crippen LogP contribution in [0.1, 0.15) is 21.7 Å². The van der Waals surface area contributed by atoms with Crippen LogP contribution in [-0.2, 0) is 17.8 Å². The Morgan fingerprint density at radius 3 is 2.56 bits per heavy atom. The number of aromatic nitrogens is 1. The number of hydrogen-bond acceptors (Lipinski definition) is 3. The van der Waals surface area contributed by atoms with Gasteiger partial charge < -0.3 is 5.32 Å². The van der Waals surface area contributed by atoms with Gasteiger partial charge in [0.15, 0.2) is 0 Å². The fourth-order valence-electron chi connectivity index (χ4n) is 2.55. The van der Waals surface area contributed by atoms with Gasteiger partial charge in [-0.15, -0.1) is 11.3 Å². The Morgan fingerprint density at radius 1 is 1.12 bits per heavy atom. The van der Waals surface area contributed by atoms with E-state index in [-0.39, 0.29) is 5.91 Å². The molecule has 3 rings (SSSR count). The second-order valence-electron chi connectivity index (χ2n) is 5.92. The molecule has 0 saturated carbocycles. The molecule has 128 valence electrons. The molecule has 1 aromatic heterocycles. The smallest absolute Gasteiger partial charge is 0.224 e. The maximum Gasteiger partial charge on any atom is 0.224 e. The molecule has 0 bridgehead atoms. The van der Waals surface area contributed by atoms with Gasteiger partial charge in [-0.3, -0.25) is 4.79 Å². The number of nitrogens with one attached hydrogen (secondary N) is 1. The van der Waals surface area contributed by atoms with Crippen LogP contribution in [0.2, 0.25) is 0 Å². The molecular formula is C20H19BrN2OS. The van der Waals surface area contributed by atoms with Crippen LogP contribution in [0.25, 0.3) is 10.6 Å². The van der Waals surface area contributed by atoms with Gasteiger partial charge in [-0.1, -0.05) is 52.3 Å². The SMILES string of the molecule is Cc1ccccc1-c1nc(C)c(CNC(=O)Cc2ccc(Br)cc2)s1. The second-order valence-corrected chi connectivity index (χ2v) is 7.92. The molecule has 1 heterocycles. The van der Waals surface area contributed by atoms with E-state index in [9.17, 15) is 4.79 Å². The molecule has 0 aliphatic rings. The third-order valence-electron chi connectivity index (χ3n) is 3.99. The highest BCUT2D eigenvalue weighted by atomic mass is 79.9. The molecule has 0 aliphatic carbocycles. The van der Waals surface area contributed by atoms with Crippen LogP contribution in [0.15, 0.2) is 53.0 Å². The molecule has 0 unspecified atom stereocenters. The van der Waals surface area contributed by atoms with Crippen molar-refractivity contribution in [2.45, 2.75) is 26.8 Å². The summed E-state index contributed by atoms with van der Waals surface area (Å²) >= 11 is 5.05. The summed E-state index contributed by atoms with van der Waals surface area (Å²) in [7, 11) is 0. The summed E-state index contributed by atoms with van der Waals surface area (Å²) in [5.74, 6) is 0.0209. The Hall–Kier alpha value is -1.98. The number of aryl methyl sites for hydroxylation is 2. The molecule has 0 atom stereocenters. The number of carbonyl (C=O) groups excluding carboxylic acids is 1. The lowest BCUT2D eigenvalue weighted by atomic mass is 10.1. The molecule has 5 heteroatoms. The molecule has 3 aromatic rings. The lowest BCUT2D eigenvalue weighted by molar-refractivity contribution is -0.120. The van der Waals surface area contributed by atoms with Crippen LogP contribution in [0, 0.1) is 13.8 Å². The van der Waals surface area contributed by atoms with E-state index in [1.54, 1.807) is 11.3 Å². The minimum absolute atomic E-state index is 0.0209. The van der Waals surface area contributed by atoms with Crippen molar-refractivity contribution in [3.63, 3.8) is 0 Å². The van der Waals surface area contributed by atoms with Gasteiger partial charge in [0.2, 0.25) is 5.91 Å². The van der Waals surface area contributed by atoms with Crippen LogP contribution >= 0.6 is 27.3 Å². The average molecular weight is 415 g/mol. The average Bonchev–Trinajstić information content (AvgIpc) is 2.96. The second kappa shape index (κ2) is 7.93.